The number of hydrogen-bond acceptors (Lipinski definition) is 4. The van der Waals surface area contributed by atoms with E-state index >= 15 is 4.39 Å². The van der Waals surface area contributed by atoms with E-state index in [2.05, 4.69) is 22.1 Å². The summed E-state index contributed by atoms with van der Waals surface area (Å²) in [5.74, 6) is -0.0102. The quantitative estimate of drug-likeness (QED) is 0.509. The van der Waals surface area contributed by atoms with Crippen LogP contribution >= 0.6 is 11.3 Å². The maximum absolute atomic E-state index is 15.0. The van der Waals surface area contributed by atoms with Gasteiger partial charge in [-0.3, -0.25) is 0 Å². The Balaban J connectivity index is 1.58. The molecule has 2 N–H and O–H groups in total. The highest BCUT2D eigenvalue weighted by molar-refractivity contribution is 7.15. The molecule has 2 aromatic carbocycles. The Morgan fingerprint density at radius 1 is 1.14 bits per heavy atom. The predicted octanol–water partition coefficient (Wildman–Crippen LogP) is 5.22. The van der Waals surface area contributed by atoms with Crippen LogP contribution in [0, 0.1) is 12.7 Å². The SMILES string of the molecule is Cc1cn(-c2ccc(C3CCc4sc(N)nc4C3c3ccccc3)cc2F)cn1. The van der Waals surface area contributed by atoms with Crippen molar-refractivity contribution in [2.24, 2.45) is 0 Å². The van der Waals surface area contributed by atoms with Gasteiger partial charge < -0.3 is 10.3 Å². The van der Waals surface area contributed by atoms with Crippen LogP contribution in [-0.4, -0.2) is 14.5 Å². The average molecular weight is 405 g/mol. The van der Waals surface area contributed by atoms with Crippen LogP contribution in [-0.2, 0) is 6.42 Å². The summed E-state index contributed by atoms with van der Waals surface area (Å²) in [5, 5.41) is 0.605. The molecule has 0 aliphatic heterocycles. The van der Waals surface area contributed by atoms with E-state index in [1.54, 1.807) is 28.3 Å². The highest BCUT2D eigenvalue weighted by Gasteiger charge is 2.35. The van der Waals surface area contributed by atoms with Crippen molar-refractivity contribution in [2.75, 3.05) is 5.73 Å². The fourth-order valence-corrected chi connectivity index (χ4v) is 5.27. The van der Waals surface area contributed by atoms with E-state index < -0.39 is 0 Å². The lowest BCUT2D eigenvalue weighted by atomic mass is 9.73. The van der Waals surface area contributed by atoms with Gasteiger partial charge in [0.05, 0.1) is 23.4 Å². The molecule has 0 fully saturated rings. The molecule has 0 bridgehead atoms. The molecule has 1 aliphatic carbocycles. The van der Waals surface area contributed by atoms with Crippen LogP contribution in [0.3, 0.4) is 0 Å². The summed E-state index contributed by atoms with van der Waals surface area (Å²) in [7, 11) is 0. The van der Waals surface area contributed by atoms with Gasteiger partial charge in [0.25, 0.3) is 0 Å². The zero-order valence-electron chi connectivity index (χ0n) is 16.0. The minimum Gasteiger partial charge on any atom is -0.375 e. The predicted molar refractivity (Wildman–Crippen MR) is 114 cm³/mol. The second-order valence-electron chi connectivity index (χ2n) is 7.53. The Morgan fingerprint density at radius 2 is 1.97 bits per heavy atom. The summed E-state index contributed by atoms with van der Waals surface area (Å²) in [6.45, 7) is 1.90. The first kappa shape index (κ1) is 18.1. The standard InChI is InChI=1S/C23H21FN4S/c1-14-12-28(13-26-14)19-9-7-16(11-18(19)24)17-8-10-20-22(27-23(25)29-20)21(17)15-5-3-2-4-6-15/h2-7,9,11-13,17,21H,8,10H2,1H3,(H2,25,27). The minimum atomic E-state index is -0.240. The first-order valence-electron chi connectivity index (χ1n) is 9.70. The number of thiazole rings is 1. The molecule has 2 heterocycles. The number of nitrogen functional groups attached to an aromatic ring is 1. The molecule has 4 nitrogen and oxygen atoms in total. The number of fused-ring (bicyclic) bond motifs is 1. The maximum Gasteiger partial charge on any atom is 0.180 e. The monoisotopic (exact) mass is 404 g/mol. The van der Waals surface area contributed by atoms with Crippen LogP contribution in [0.2, 0.25) is 0 Å². The van der Waals surface area contributed by atoms with Crippen molar-refractivity contribution in [3.63, 3.8) is 0 Å². The summed E-state index contributed by atoms with van der Waals surface area (Å²) in [5.41, 5.74) is 10.6. The summed E-state index contributed by atoms with van der Waals surface area (Å²) in [6, 6.07) is 15.9. The third kappa shape index (κ3) is 3.23. The summed E-state index contributed by atoms with van der Waals surface area (Å²) in [6.07, 6.45) is 5.33. The second-order valence-corrected chi connectivity index (χ2v) is 8.64. The van der Waals surface area contributed by atoms with E-state index in [0.29, 0.717) is 10.8 Å². The van der Waals surface area contributed by atoms with Gasteiger partial charge in [-0.1, -0.05) is 36.4 Å². The van der Waals surface area contributed by atoms with E-state index in [-0.39, 0.29) is 17.7 Å². The lowest BCUT2D eigenvalue weighted by Gasteiger charge is -2.32. The Labute approximate surface area is 172 Å². The summed E-state index contributed by atoms with van der Waals surface area (Å²) in [4.78, 5) is 10.1. The van der Waals surface area contributed by atoms with Gasteiger partial charge in [0, 0.05) is 17.0 Å². The van der Waals surface area contributed by atoms with E-state index in [4.69, 9.17) is 5.73 Å². The zero-order chi connectivity index (χ0) is 20.0. The molecule has 29 heavy (non-hydrogen) atoms. The number of aryl methyl sites for hydroxylation is 2. The van der Waals surface area contributed by atoms with Crippen molar-refractivity contribution < 1.29 is 4.39 Å². The molecule has 2 unspecified atom stereocenters. The number of rotatable bonds is 3. The summed E-state index contributed by atoms with van der Waals surface area (Å²) >= 11 is 1.57. The van der Waals surface area contributed by atoms with Crippen molar-refractivity contribution in [2.45, 2.75) is 31.6 Å². The number of benzene rings is 2. The van der Waals surface area contributed by atoms with E-state index in [1.165, 1.54) is 10.4 Å². The van der Waals surface area contributed by atoms with Crippen molar-refractivity contribution in [1.29, 1.82) is 0 Å². The first-order valence-corrected chi connectivity index (χ1v) is 10.5. The highest BCUT2D eigenvalue weighted by atomic mass is 32.1. The molecule has 6 heteroatoms. The molecule has 5 rings (SSSR count). The molecular weight excluding hydrogens is 383 g/mol. The van der Waals surface area contributed by atoms with E-state index in [0.717, 1.165) is 29.8 Å². The number of nitrogens with two attached hydrogens (primary N) is 1. The lowest BCUT2D eigenvalue weighted by Crippen LogP contribution is -2.20. The van der Waals surface area contributed by atoms with Gasteiger partial charge in [-0.15, -0.1) is 11.3 Å². The number of hydrogen-bond donors (Lipinski definition) is 1. The number of nitrogens with zero attached hydrogens (tertiary/aromatic N) is 3. The molecule has 0 amide bonds. The van der Waals surface area contributed by atoms with Gasteiger partial charge in [-0.25, -0.2) is 14.4 Å². The molecule has 146 valence electrons. The molecule has 0 saturated carbocycles. The van der Waals surface area contributed by atoms with Crippen LogP contribution in [0.15, 0.2) is 61.1 Å². The number of anilines is 1. The van der Waals surface area contributed by atoms with Crippen molar-refractivity contribution in [3.8, 4) is 5.69 Å². The second kappa shape index (κ2) is 7.12. The van der Waals surface area contributed by atoms with Gasteiger partial charge in [0.1, 0.15) is 5.82 Å². The van der Waals surface area contributed by atoms with Crippen molar-refractivity contribution in [1.82, 2.24) is 14.5 Å². The van der Waals surface area contributed by atoms with Crippen LogP contribution in [0.1, 0.15) is 45.6 Å². The van der Waals surface area contributed by atoms with Crippen LogP contribution < -0.4 is 5.73 Å². The number of halogens is 1. The largest absolute Gasteiger partial charge is 0.375 e. The average Bonchev–Trinajstić information content (AvgIpc) is 3.32. The lowest BCUT2D eigenvalue weighted by molar-refractivity contribution is 0.515. The number of imidazole rings is 1. The molecule has 0 radical (unpaired) electrons. The molecule has 1 aliphatic rings. The Kier molecular flexibility index (Phi) is 4.43. The van der Waals surface area contributed by atoms with Crippen molar-refractivity contribution in [3.05, 3.63) is 94.3 Å². The van der Waals surface area contributed by atoms with Gasteiger partial charge in [0.15, 0.2) is 5.13 Å². The fourth-order valence-electron chi connectivity index (χ4n) is 4.37. The van der Waals surface area contributed by atoms with Crippen molar-refractivity contribution >= 4 is 16.5 Å². The third-order valence-corrected chi connectivity index (χ3v) is 6.63. The topological polar surface area (TPSA) is 56.7 Å². The molecule has 4 aromatic rings. The summed E-state index contributed by atoms with van der Waals surface area (Å²) < 4.78 is 16.8. The fraction of sp³-hybridized carbons (Fsp3) is 0.217. The molecule has 2 atom stereocenters. The van der Waals surface area contributed by atoms with Gasteiger partial charge in [0.2, 0.25) is 0 Å². The normalized spacial score (nSPS) is 18.6. The Morgan fingerprint density at radius 3 is 2.69 bits per heavy atom. The maximum atomic E-state index is 15.0. The first-order chi connectivity index (χ1) is 14.1. The third-order valence-electron chi connectivity index (χ3n) is 5.67. The van der Waals surface area contributed by atoms with E-state index in [9.17, 15) is 0 Å². The number of aromatic nitrogens is 3. The van der Waals surface area contributed by atoms with Gasteiger partial charge in [-0.05, 0) is 48.9 Å². The van der Waals surface area contributed by atoms with Gasteiger partial charge in [-0.2, -0.15) is 0 Å². The molecular formula is C23H21FN4S. The Hall–Kier alpha value is -2.99. The molecule has 2 aromatic heterocycles. The van der Waals surface area contributed by atoms with Crippen LogP contribution in [0.5, 0.6) is 0 Å². The smallest absolute Gasteiger partial charge is 0.180 e. The Bertz CT molecular complexity index is 1160. The molecule has 0 saturated heterocycles. The van der Waals surface area contributed by atoms with Gasteiger partial charge >= 0.3 is 0 Å². The zero-order valence-corrected chi connectivity index (χ0v) is 16.9. The highest BCUT2D eigenvalue weighted by Crippen LogP contribution is 2.48. The van der Waals surface area contributed by atoms with E-state index in [1.807, 2.05) is 43.5 Å². The molecule has 0 spiro atoms. The minimum absolute atomic E-state index is 0.0780. The van der Waals surface area contributed by atoms with Crippen LogP contribution in [0.25, 0.3) is 5.69 Å². The van der Waals surface area contributed by atoms with Crippen LogP contribution in [0.4, 0.5) is 9.52 Å².